The van der Waals surface area contributed by atoms with Crippen LogP contribution in [0.2, 0.25) is 0 Å². The van der Waals surface area contributed by atoms with Crippen molar-refractivity contribution in [2.75, 3.05) is 24.6 Å². The van der Waals surface area contributed by atoms with Crippen LogP contribution in [0.3, 0.4) is 0 Å². The topological polar surface area (TPSA) is 0 Å². The molecule has 2 heterocycles. The average Bonchev–Trinajstić information content (AvgIpc) is 2.85. The first-order valence-electron chi connectivity index (χ1n) is 16.5. The van der Waals surface area contributed by atoms with Crippen molar-refractivity contribution >= 4 is 15.8 Å². The van der Waals surface area contributed by atoms with Crippen LogP contribution in [0.4, 0.5) is 0 Å². The molecule has 2 heteroatoms. The standard InChI is InChI=1S/C39H62P2/c1-35(2,3)31-15-13-29(33(25-31)37(7,8)9)27-40-21-17-39(18-22-40)19-23-41(24-20-39)28-30-14-16-32(36(4,5)6)26-34(30)38(10,11)12/h13-16,25-26H,17-24,27-28H2,1-12H3. The molecule has 0 N–H and O–H groups in total. The van der Waals surface area contributed by atoms with Crippen LogP contribution in [-0.4, -0.2) is 24.6 Å². The molecular formula is C39H62P2. The molecule has 2 fully saturated rings. The fourth-order valence-electron chi connectivity index (χ4n) is 7.11. The second-order valence-electron chi connectivity index (χ2n) is 17.8. The minimum Gasteiger partial charge on any atom is -0.102 e. The van der Waals surface area contributed by atoms with Crippen molar-refractivity contribution in [1.29, 1.82) is 0 Å². The molecule has 4 rings (SSSR count). The van der Waals surface area contributed by atoms with Crippen LogP contribution >= 0.6 is 15.8 Å². The summed E-state index contributed by atoms with van der Waals surface area (Å²) in [6.07, 6.45) is 14.7. The molecule has 41 heavy (non-hydrogen) atoms. The summed E-state index contributed by atoms with van der Waals surface area (Å²) < 4.78 is 0. The normalized spacial score (nSPS) is 24.6. The maximum Gasteiger partial charge on any atom is -0.00701 e. The van der Waals surface area contributed by atoms with Gasteiger partial charge < -0.3 is 0 Å². The minimum absolute atomic E-state index is 0.124. The fraction of sp³-hybridized carbons (Fsp3) is 0.692. The van der Waals surface area contributed by atoms with E-state index in [2.05, 4.69) is 119 Å². The van der Waals surface area contributed by atoms with E-state index in [-0.39, 0.29) is 37.5 Å². The highest BCUT2D eigenvalue weighted by atomic mass is 31.1. The first-order chi connectivity index (χ1) is 18.8. The molecule has 2 aromatic rings. The van der Waals surface area contributed by atoms with E-state index in [9.17, 15) is 0 Å². The van der Waals surface area contributed by atoms with Crippen molar-refractivity contribution in [3.63, 3.8) is 0 Å². The molecule has 2 aliphatic heterocycles. The van der Waals surface area contributed by atoms with Crippen LogP contribution in [-0.2, 0) is 34.0 Å². The Balaban J connectivity index is 1.37. The lowest BCUT2D eigenvalue weighted by molar-refractivity contribution is 0.233. The zero-order chi connectivity index (χ0) is 30.4. The lowest BCUT2D eigenvalue weighted by Crippen LogP contribution is -2.32. The number of hydrogen-bond acceptors (Lipinski definition) is 0. The number of benzene rings is 2. The van der Waals surface area contributed by atoms with Crippen molar-refractivity contribution < 1.29 is 0 Å². The molecule has 0 amide bonds. The van der Waals surface area contributed by atoms with Gasteiger partial charge in [0.25, 0.3) is 0 Å². The molecule has 0 nitrogen and oxygen atoms in total. The summed E-state index contributed by atoms with van der Waals surface area (Å²) in [5, 5.41) is 0. The van der Waals surface area contributed by atoms with Gasteiger partial charge in [-0.1, -0.05) is 119 Å². The van der Waals surface area contributed by atoms with Gasteiger partial charge in [-0.2, -0.15) is 0 Å². The van der Waals surface area contributed by atoms with E-state index in [4.69, 9.17) is 0 Å². The van der Waals surface area contributed by atoms with Crippen LogP contribution < -0.4 is 0 Å². The Hall–Kier alpha value is -0.700. The summed E-state index contributed by atoms with van der Waals surface area (Å²) >= 11 is 0. The Kier molecular flexibility index (Phi) is 9.72. The molecule has 2 saturated heterocycles. The third-order valence-corrected chi connectivity index (χ3v) is 15.2. The Labute approximate surface area is 257 Å². The van der Waals surface area contributed by atoms with Crippen LogP contribution in [0.1, 0.15) is 142 Å². The van der Waals surface area contributed by atoms with Crippen LogP contribution in [0.5, 0.6) is 0 Å². The Morgan fingerprint density at radius 1 is 0.488 bits per heavy atom. The molecule has 2 aliphatic rings. The van der Waals surface area contributed by atoms with Gasteiger partial charge in [0.1, 0.15) is 0 Å². The highest BCUT2D eigenvalue weighted by molar-refractivity contribution is 7.57. The molecule has 0 unspecified atom stereocenters. The zero-order valence-electron chi connectivity index (χ0n) is 28.9. The van der Waals surface area contributed by atoms with E-state index in [1.165, 1.54) is 73.8 Å². The molecular weight excluding hydrogens is 530 g/mol. The SMILES string of the molecule is CC(C)(C)c1ccc(CP2CCC3(CC2)CCP(Cc2ccc(C(C)(C)C)cc2C(C)(C)C)CC3)c(C(C)(C)C)c1. The summed E-state index contributed by atoms with van der Waals surface area (Å²) in [5.41, 5.74) is 11.0. The maximum absolute atomic E-state index is 2.54. The molecule has 0 aromatic heterocycles. The maximum atomic E-state index is 2.54. The van der Waals surface area contributed by atoms with Gasteiger partial charge in [0.05, 0.1) is 0 Å². The van der Waals surface area contributed by atoms with Crippen LogP contribution in [0.15, 0.2) is 36.4 Å². The van der Waals surface area contributed by atoms with Gasteiger partial charge in [-0.25, -0.2) is 0 Å². The van der Waals surface area contributed by atoms with Gasteiger partial charge in [-0.05, 0) is 123 Å². The summed E-state index contributed by atoms with van der Waals surface area (Å²) in [4.78, 5) is 0. The van der Waals surface area contributed by atoms with E-state index < -0.39 is 0 Å². The van der Waals surface area contributed by atoms with E-state index in [0.717, 1.165) is 0 Å². The van der Waals surface area contributed by atoms with Gasteiger partial charge in [0.2, 0.25) is 0 Å². The van der Waals surface area contributed by atoms with Gasteiger partial charge in [0, 0.05) is 0 Å². The number of hydrogen-bond donors (Lipinski definition) is 0. The highest BCUT2D eigenvalue weighted by Gasteiger charge is 2.39. The predicted molar refractivity (Wildman–Crippen MR) is 189 cm³/mol. The molecule has 228 valence electrons. The second-order valence-corrected chi connectivity index (χ2v) is 22.9. The van der Waals surface area contributed by atoms with Crippen molar-refractivity contribution in [3.05, 3.63) is 69.8 Å². The molecule has 0 bridgehead atoms. The van der Waals surface area contributed by atoms with Crippen LogP contribution in [0.25, 0.3) is 0 Å². The number of rotatable bonds is 4. The van der Waals surface area contributed by atoms with E-state index >= 15 is 0 Å². The van der Waals surface area contributed by atoms with Crippen molar-refractivity contribution in [2.24, 2.45) is 5.41 Å². The third-order valence-electron chi connectivity index (χ3n) is 10.2. The van der Waals surface area contributed by atoms with Crippen LogP contribution in [0, 0.1) is 5.41 Å². The predicted octanol–water partition coefficient (Wildman–Crippen LogP) is 12.1. The lowest BCUT2D eigenvalue weighted by Gasteiger charge is -2.45. The van der Waals surface area contributed by atoms with Gasteiger partial charge in [-0.3, -0.25) is 0 Å². The smallest absolute Gasteiger partial charge is 0.00701 e. The Morgan fingerprint density at radius 3 is 1.07 bits per heavy atom. The zero-order valence-corrected chi connectivity index (χ0v) is 30.7. The third kappa shape index (κ3) is 8.27. The molecule has 0 saturated carbocycles. The van der Waals surface area contributed by atoms with Crippen molar-refractivity contribution in [3.8, 4) is 0 Å². The molecule has 1 spiro atoms. The first-order valence-corrected chi connectivity index (χ1v) is 20.3. The van der Waals surface area contributed by atoms with Crippen molar-refractivity contribution in [1.82, 2.24) is 0 Å². The second kappa shape index (κ2) is 12.0. The fourth-order valence-corrected chi connectivity index (χ4v) is 12.9. The monoisotopic (exact) mass is 592 g/mol. The van der Waals surface area contributed by atoms with E-state index in [0.29, 0.717) is 5.41 Å². The highest BCUT2D eigenvalue weighted by Crippen LogP contribution is 2.59. The molecule has 0 atom stereocenters. The molecule has 0 radical (unpaired) electrons. The summed E-state index contributed by atoms with van der Waals surface area (Å²) in [5.74, 6) is 0. The van der Waals surface area contributed by atoms with Gasteiger partial charge >= 0.3 is 0 Å². The molecule has 2 aromatic carbocycles. The summed E-state index contributed by atoms with van der Waals surface area (Å²) in [7, 11) is 0.248. The average molecular weight is 593 g/mol. The minimum atomic E-state index is 0.124. The van der Waals surface area contributed by atoms with E-state index in [1.54, 1.807) is 22.3 Å². The Morgan fingerprint density at radius 2 is 0.805 bits per heavy atom. The van der Waals surface area contributed by atoms with Gasteiger partial charge in [-0.15, -0.1) is 15.8 Å². The quantitative estimate of drug-likeness (QED) is 0.310. The van der Waals surface area contributed by atoms with E-state index in [1.807, 2.05) is 0 Å². The molecule has 0 aliphatic carbocycles. The first kappa shape index (κ1) is 33.2. The van der Waals surface area contributed by atoms with Crippen molar-refractivity contribution in [2.45, 2.75) is 143 Å². The summed E-state index contributed by atoms with van der Waals surface area (Å²) in [6.45, 7) is 28.5. The van der Waals surface area contributed by atoms with Gasteiger partial charge in [0.15, 0.2) is 0 Å². The summed E-state index contributed by atoms with van der Waals surface area (Å²) in [6, 6.07) is 14.9. The Bertz CT molecular complexity index is 1080. The largest absolute Gasteiger partial charge is 0.102 e. The lowest BCUT2D eigenvalue weighted by atomic mass is 9.77.